The number of hydrogen-bond donors (Lipinski definition) is 1. The highest BCUT2D eigenvalue weighted by Gasteiger charge is 2.52. The van der Waals surface area contributed by atoms with Gasteiger partial charge in [-0.15, -0.1) is 0 Å². The second kappa shape index (κ2) is 8.78. The largest absolute Gasteiger partial charge is 0.416 e. The summed E-state index contributed by atoms with van der Waals surface area (Å²) in [7, 11) is 0. The summed E-state index contributed by atoms with van der Waals surface area (Å²) in [5, 5.41) is 2.82. The minimum absolute atomic E-state index is 0.0492. The Kier molecular flexibility index (Phi) is 6.18. The van der Waals surface area contributed by atoms with Gasteiger partial charge in [0.15, 0.2) is 0 Å². The smallest absolute Gasteiger partial charge is 0.323 e. The van der Waals surface area contributed by atoms with Crippen molar-refractivity contribution in [3.05, 3.63) is 71.0 Å². The van der Waals surface area contributed by atoms with Crippen molar-refractivity contribution in [2.45, 2.75) is 44.6 Å². The number of hydrogen-bond acceptors (Lipinski definition) is 3. The Hall–Kier alpha value is -2.94. The first-order chi connectivity index (χ1) is 15.6. The zero-order chi connectivity index (χ0) is 23.8. The molecule has 1 N–H and O–H groups in total. The molecule has 0 spiro atoms. The molecule has 9 heteroatoms. The van der Waals surface area contributed by atoms with Crippen LogP contribution in [0.4, 0.5) is 22.4 Å². The molecule has 0 saturated carbocycles. The Morgan fingerprint density at radius 2 is 1.64 bits per heavy atom. The number of alkyl halides is 3. The minimum atomic E-state index is -4.41. The molecule has 0 aliphatic carbocycles. The van der Waals surface area contributed by atoms with Crippen molar-refractivity contribution in [2.75, 3.05) is 13.1 Å². The molecule has 2 heterocycles. The van der Waals surface area contributed by atoms with Gasteiger partial charge in [-0.3, -0.25) is 14.6 Å². The van der Waals surface area contributed by atoms with Crippen LogP contribution in [-0.2, 0) is 24.1 Å². The SMILES string of the molecule is C[C@]1(C2CCN(Cc3ccccc3C(F)(F)F)CC2)NC(=O)N(Cc2ccc(F)cc2)C1=O. The first kappa shape index (κ1) is 23.2. The highest BCUT2D eigenvalue weighted by Crippen LogP contribution is 2.36. The van der Waals surface area contributed by atoms with Crippen molar-refractivity contribution in [1.82, 2.24) is 15.1 Å². The summed E-state index contributed by atoms with van der Waals surface area (Å²) in [6.45, 7) is 2.97. The van der Waals surface area contributed by atoms with E-state index in [1.54, 1.807) is 13.0 Å². The molecule has 4 rings (SSSR count). The van der Waals surface area contributed by atoms with Crippen LogP contribution in [0.5, 0.6) is 0 Å². The van der Waals surface area contributed by atoms with Gasteiger partial charge in [-0.2, -0.15) is 13.2 Å². The van der Waals surface area contributed by atoms with E-state index < -0.39 is 29.1 Å². The molecular formula is C24H25F4N3O2. The zero-order valence-corrected chi connectivity index (χ0v) is 18.2. The fourth-order valence-electron chi connectivity index (χ4n) is 4.75. The molecule has 176 valence electrons. The number of halogens is 4. The highest BCUT2D eigenvalue weighted by atomic mass is 19.4. The summed E-state index contributed by atoms with van der Waals surface area (Å²) < 4.78 is 53.0. The van der Waals surface area contributed by atoms with Gasteiger partial charge in [0.25, 0.3) is 5.91 Å². The number of urea groups is 1. The maximum Gasteiger partial charge on any atom is 0.416 e. The van der Waals surface area contributed by atoms with Crippen molar-refractivity contribution >= 4 is 11.9 Å². The Morgan fingerprint density at radius 3 is 2.27 bits per heavy atom. The van der Waals surface area contributed by atoms with Crippen LogP contribution in [0.1, 0.15) is 36.5 Å². The van der Waals surface area contributed by atoms with Gasteiger partial charge in [0, 0.05) is 6.54 Å². The molecule has 2 aromatic carbocycles. The van der Waals surface area contributed by atoms with E-state index in [-0.39, 0.29) is 30.5 Å². The van der Waals surface area contributed by atoms with Gasteiger partial charge in [-0.1, -0.05) is 30.3 Å². The first-order valence-electron chi connectivity index (χ1n) is 10.8. The average molecular weight is 463 g/mol. The van der Waals surface area contributed by atoms with Crippen molar-refractivity contribution < 1.29 is 27.2 Å². The Morgan fingerprint density at radius 1 is 1.00 bits per heavy atom. The molecular weight excluding hydrogens is 438 g/mol. The van der Waals surface area contributed by atoms with E-state index in [0.29, 0.717) is 31.5 Å². The maximum absolute atomic E-state index is 13.3. The predicted molar refractivity (Wildman–Crippen MR) is 113 cm³/mol. The Labute approximate surface area is 189 Å². The van der Waals surface area contributed by atoms with Crippen molar-refractivity contribution in [3.8, 4) is 0 Å². The third-order valence-corrected chi connectivity index (χ3v) is 6.68. The molecule has 0 aromatic heterocycles. The predicted octanol–water partition coefficient (Wildman–Crippen LogP) is 4.57. The second-order valence-corrected chi connectivity index (χ2v) is 8.86. The molecule has 2 aliphatic rings. The number of benzene rings is 2. The van der Waals surface area contributed by atoms with Crippen LogP contribution >= 0.6 is 0 Å². The fraction of sp³-hybridized carbons (Fsp3) is 0.417. The minimum Gasteiger partial charge on any atom is -0.323 e. The lowest BCUT2D eigenvalue weighted by Crippen LogP contribution is -2.53. The monoisotopic (exact) mass is 463 g/mol. The van der Waals surface area contributed by atoms with Gasteiger partial charge in [-0.05, 0) is 68.1 Å². The van der Waals surface area contributed by atoms with Gasteiger partial charge >= 0.3 is 12.2 Å². The summed E-state index contributed by atoms with van der Waals surface area (Å²) in [6, 6.07) is 10.7. The van der Waals surface area contributed by atoms with E-state index >= 15 is 0 Å². The molecule has 2 aliphatic heterocycles. The van der Waals surface area contributed by atoms with Crippen molar-refractivity contribution in [3.63, 3.8) is 0 Å². The molecule has 2 saturated heterocycles. The summed E-state index contributed by atoms with van der Waals surface area (Å²) in [6.07, 6.45) is -3.26. The number of rotatable bonds is 5. The van der Waals surface area contributed by atoms with Crippen LogP contribution in [0.2, 0.25) is 0 Å². The summed E-state index contributed by atoms with van der Waals surface area (Å²) in [5.41, 5.74) is -0.839. The van der Waals surface area contributed by atoms with E-state index in [0.717, 1.165) is 11.0 Å². The van der Waals surface area contributed by atoms with Gasteiger partial charge in [0.2, 0.25) is 0 Å². The van der Waals surface area contributed by atoms with Crippen LogP contribution in [0.3, 0.4) is 0 Å². The molecule has 0 bridgehead atoms. The number of nitrogens with one attached hydrogen (secondary N) is 1. The van der Waals surface area contributed by atoms with Gasteiger partial charge in [0.05, 0.1) is 12.1 Å². The number of nitrogens with zero attached hydrogens (tertiary/aromatic N) is 2. The quantitative estimate of drug-likeness (QED) is 0.522. The number of carbonyl (C=O) groups is 2. The lowest BCUT2D eigenvalue weighted by atomic mass is 9.78. The second-order valence-electron chi connectivity index (χ2n) is 8.86. The Bertz CT molecular complexity index is 1030. The molecule has 2 aromatic rings. The molecule has 1 atom stereocenters. The third kappa shape index (κ3) is 4.73. The average Bonchev–Trinajstić information content (AvgIpc) is 2.99. The standard InChI is InChI=1S/C24H25F4N3O2/c1-23(21(32)31(22(33)29-23)14-16-6-8-19(25)9-7-16)18-10-12-30(13-11-18)15-17-4-2-3-5-20(17)24(26,27)28/h2-9,18H,10-15H2,1H3,(H,29,33)/t23-/m1/s1. The molecule has 0 unspecified atom stereocenters. The summed E-state index contributed by atoms with van der Waals surface area (Å²) in [5.74, 6) is -0.871. The van der Waals surface area contributed by atoms with Crippen molar-refractivity contribution in [1.29, 1.82) is 0 Å². The topological polar surface area (TPSA) is 52.7 Å². The molecule has 0 radical (unpaired) electrons. The molecule has 33 heavy (non-hydrogen) atoms. The summed E-state index contributed by atoms with van der Waals surface area (Å²) >= 11 is 0. The number of piperidine rings is 1. The van der Waals surface area contributed by atoms with E-state index in [9.17, 15) is 27.2 Å². The number of carbonyl (C=O) groups excluding carboxylic acids is 2. The van der Waals surface area contributed by atoms with Gasteiger partial charge in [-0.25, -0.2) is 9.18 Å². The van der Waals surface area contributed by atoms with Crippen LogP contribution in [0.15, 0.2) is 48.5 Å². The summed E-state index contributed by atoms with van der Waals surface area (Å²) in [4.78, 5) is 28.8. The lowest BCUT2D eigenvalue weighted by molar-refractivity contribution is -0.138. The van der Waals surface area contributed by atoms with Gasteiger partial charge in [0.1, 0.15) is 11.4 Å². The Balaban J connectivity index is 1.40. The van der Waals surface area contributed by atoms with E-state index in [1.165, 1.54) is 36.4 Å². The normalized spacial score (nSPS) is 22.6. The fourth-order valence-corrected chi connectivity index (χ4v) is 4.75. The number of amides is 3. The van der Waals surface area contributed by atoms with Crippen molar-refractivity contribution in [2.24, 2.45) is 5.92 Å². The third-order valence-electron chi connectivity index (χ3n) is 6.68. The number of imide groups is 1. The molecule has 3 amide bonds. The first-order valence-corrected chi connectivity index (χ1v) is 10.8. The van der Waals surface area contributed by atoms with E-state index in [4.69, 9.17) is 0 Å². The maximum atomic E-state index is 13.3. The van der Waals surface area contributed by atoms with Crippen LogP contribution in [0.25, 0.3) is 0 Å². The van der Waals surface area contributed by atoms with Crippen LogP contribution in [0, 0.1) is 11.7 Å². The highest BCUT2D eigenvalue weighted by molar-refractivity contribution is 6.06. The zero-order valence-electron chi connectivity index (χ0n) is 18.2. The van der Waals surface area contributed by atoms with Crippen LogP contribution in [-0.4, -0.2) is 40.4 Å². The number of likely N-dealkylation sites (tertiary alicyclic amines) is 1. The lowest BCUT2D eigenvalue weighted by Gasteiger charge is -2.39. The van der Waals surface area contributed by atoms with Gasteiger partial charge < -0.3 is 5.32 Å². The van der Waals surface area contributed by atoms with E-state index in [1.807, 2.05) is 4.90 Å². The molecule has 2 fully saturated rings. The van der Waals surface area contributed by atoms with Crippen LogP contribution < -0.4 is 5.32 Å². The van der Waals surface area contributed by atoms with E-state index in [2.05, 4.69) is 5.32 Å². The molecule has 5 nitrogen and oxygen atoms in total.